The molecule has 0 unspecified atom stereocenters. The van der Waals surface area contributed by atoms with Crippen molar-refractivity contribution in [3.8, 4) is 0 Å². The lowest BCUT2D eigenvalue weighted by Gasteiger charge is -2.23. The summed E-state index contributed by atoms with van der Waals surface area (Å²) in [5.74, 6) is 0. The highest BCUT2D eigenvalue weighted by molar-refractivity contribution is 8.17. The molecule has 0 bridgehead atoms. The van der Waals surface area contributed by atoms with E-state index in [4.69, 9.17) is 0 Å². The Balaban J connectivity index is 2.91. The van der Waals surface area contributed by atoms with Gasteiger partial charge in [0.25, 0.3) is 0 Å². The molecule has 0 radical (unpaired) electrons. The Morgan fingerprint density at radius 1 is 1.18 bits per heavy atom. The van der Waals surface area contributed by atoms with E-state index >= 15 is 0 Å². The van der Waals surface area contributed by atoms with Crippen LogP contribution in [0.2, 0.25) is 0 Å². The van der Waals surface area contributed by atoms with Crippen LogP contribution in [0.5, 0.6) is 0 Å². The maximum atomic E-state index is 10.6. The average molecular weight is 200 g/mol. The van der Waals surface area contributed by atoms with E-state index in [1.807, 2.05) is 0 Å². The van der Waals surface area contributed by atoms with E-state index in [1.165, 1.54) is 0 Å². The van der Waals surface area contributed by atoms with E-state index in [0.717, 1.165) is 0 Å². The standard InChI is InChI=1S/C4H8O5S2/c1-2-3-4-10(5,6)9-11(4,7)8/h4H,2-3H2,1H3. The maximum Gasteiger partial charge on any atom is 0.301 e. The third kappa shape index (κ3) is 1.40. The van der Waals surface area contributed by atoms with Crippen molar-refractivity contribution < 1.29 is 20.5 Å². The summed E-state index contributed by atoms with van der Waals surface area (Å²) in [6, 6.07) is 0. The van der Waals surface area contributed by atoms with Gasteiger partial charge in [0.05, 0.1) is 0 Å². The van der Waals surface area contributed by atoms with Gasteiger partial charge in [-0.25, -0.2) is 0 Å². The van der Waals surface area contributed by atoms with Crippen LogP contribution in [0, 0.1) is 0 Å². The molecule has 0 saturated carbocycles. The van der Waals surface area contributed by atoms with Crippen LogP contribution in [0.25, 0.3) is 0 Å². The highest BCUT2D eigenvalue weighted by atomic mass is 32.4. The van der Waals surface area contributed by atoms with E-state index < -0.39 is 24.8 Å². The molecule has 0 aromatic heterocycles. The van der Waals surface area contributed by atoms with Gasteiger partial charge in [-0.2, -0.15) is 16.8 Å². The summed E-state index contributed by atoms with van der Waals surface area (Å²) in [5.41, 5.74) is 0. The zero-order valence-corrected chi connectivity index (χ0v) is 7.48. The quantitative estimate of drug-likeness (QED) is 0.617. The van der Waals surface area contributed by atoms with Gasteiger partial charge in [-0.1, -0.05) is 13.3 Å². The van der Waals surface area contributed by atoms with Crippen LogP contribution >= 0.6 is 0 Å². The number of hydrogen-bond donors (Lipinski definition) is 0. The lowest BCUT2D eigenvalue weighted by Crippen LogP contribution is -2.44. The summed E-state index contributed by atoms with van der Waals surface area (Å²) < 4.78 is 44.9. The first-order chi connectivity index (χ1) is 4.90. The van der Waals surface area contributed by atoms with Crippen molar-refractivity contribution >= 4 is 20.2 Å². The van der Waals surface area contributed by atoms with Crippen molar-refractivity contribution in [2.24, 2.45) is 0 Å². The molecule has 1 fully saturated rings. The van der Waals surface area contributed by atoms with Crippen molar-refractivity contribution in [2.45, 2.75) is 24.3 Å². The summed E-state index contributed by atoms with van der Waals surface area (Å²) >= 11 is 0. The molecule has 0 N–H and O–H groups in total. The molecular weight excluding hydrogens is 192 g/mol. The fourth-order valence-electron chi connectivity index (χ4n) is 0.857. The highest BCUT2D eigenvalue weighted by Gasteiger charge is 2.52. The molecule has 11 heavy (non-hydrogen) atoms. The Morgan fingerprint density at radius 3 is 1.82 bits per heavy atom. The van der Waals surface area contributed by atoms with Crippen molar-refractivity contribution in [2.75, 3.05) is 0 Å². The molecule has 1 heterocycles. The first kappa shape index (κ1) is 8.95. The van der Waals surface area contributed by atoms with Crippen LogP contribution in [0.1, 0.15) is 19.8 Å². The van der Waals surface area contributed by atoms with Crippen LogP contribution in [0.4, 0.5) is 0 Å². The van der Waals surface area contributed by atoms with Gasteiger partial charge in [-0.15, -0.1) is 3.63 Å². The molecule has 0 spiro atoms. The number of hydrogen-bond acceptors (Lipinski definition) is 5. The second kappa shape index (κ2) is 2.43. The van der Waals surface area contributed by atoms with Crippen molar-refractivity contribution in [1.82, 2.24) is 0 Å². The summed E-state index contributed by atoms with van der Waals surface area (Å²) in [4.78, 5) is 0. The number of rotatable bonds is 2. The predicted octanol–water partition coefficient (Wildman–Crippen LogP) is -0.198. The SMILES string of the molecule is CCCC1S(=O)(=O)OS1(=O)=O. The van der Waals surface area contributed by atoms with Gasteiger partial charge in [0, 0.05) is 0 Å². The highest BCUT2D eigenvalue weighted by Crippen LogP contribution is 2.30. The van der Waals surface area contributed by atoms with Gasteiger partial charge >= 0.3 is 20.2 Å². The largest absolute Gasteiger partial charge is 0.301 e. The Hall–Kier alpha value is -0.140. The lowest BCUT2D eigenvalue weighted by molar-refractivity contribution is 0.417. The molecule has 0 amide bonds. The average Bonchev–Trinajstić information content (AvgIpc) is 1.80. The summed E-state index contributed by atoms with van der Waals surface area (Å²) in [6.07, 6.45) is 0.622. The van der Waals surface area contributed by atoms with Crippen LogP contribution in [-0.2, 0) is 23.9 Å². The first-order valence-electron chi connectivity index (χ1n) is 3.09. The van der Waals surface area contributed by atoms with Gasteiger partial charge in [-0.05, 0) is 6.42 Å². The molecule has 1 aliphatic rings. The van der Waals surface area contributed by atoms with Gasteiger partial charge < -0.3 is 0 Å². The first-order valence-corrected chi connectivity index (χ1v) is 6.03. The molecule has 0 atom stereocenters. The summed E-state index contributed by atoms with van der Waals surface area (Å²) in [6.45, 7) is 1.71. The normalized spacial score (nSPS) is 27.7. The zero-order valence-electron chi connectivity index (χ0n) is 5.85. The van der Waals surface area contributed by atoms with Crippen LogP contribution in [0.15, 0.2) is 0 Å². The molecule has 0 aliphatic carbocycles. The monoisotopic (exact) mass is 200 g/mol. The van der Waals surface area contributed by atoms with Gasteiger partial charge in [-0.3, -0.25) is 0 Å². The predicted molar refractivity (Wildman–Crippen MR) is 37.6 cm³/mol. The van der Waals surface area contributed by atoms with E-state index in [9.17, 15) is 16.8 Å². The fourth-order valence-corrected chi connectivity index (χ4v) is 4.57. The lowest BCUT2D eigenvalue weighted by atomic mass is 10.4. The van der Waals surface area contributed by atoms with Gasteiger partial charge in [0.15, 0.2) is 0 Å². The maximum absolute atomic E-state index is 10.6. The van der Waals surface area contributed by atoms with Crippen molar-refractivity contribution in [3.63, 3.8) is 0 Å². The fraction of sp³-hybridized carbons (Fsp3) is 1.00. The molecule has 66 valence electrons. The Morgan fingerprint density at radius 2 is 1.64 bits per heavy atom. The van der Waals surface area contributed by atoms with Crippen LogP contribution in [-0.4, -0.2) is 21.4 Å². The molecule has 0 aromatic carbocycles. The molecule has 1 rings (SSSR count). The summed E-state index contributed by atoms with van der Waals surface area (Å²) in [7, 11) is -7.56. The van der Waals surface area contributed by atoms with E-state index in [-0.39, 0.29) is 6.42 Å². The molecule has 5 nitrogen and oxygen atoms in total. The van der Waals surface area contributed by atoms with Crippen molar-refractivity contribution in [1.29, 1.82) is 0 Å². The molecule has 1 aliphatic heterocycles. The Labute approximate surface area is 65.6 Å². The Bertz CT molecular complexity index is 305. The Kier molecular flexibility index (Phi) is 1.97. The molecule has 1 saturated heterocycles. The minimum absolute atomic E-state index is 0.116. The smallest absolute Gasteiger partial charge is 0.197 e. The van der Waals surface area contributed by atoms with E-state index in [0.29, 0.717) is 6.42 Å². The topological polar surface area (TPSA) is 77.5 Å². The minimum atomic E-state index is -3.78. The van der Waals surface area contributed by atoms with Crippen molar-refractivity contribution in [3.05, 3.63) is 0 Å². The third-order valence-corrected chi connectivity index (χ3v) is 6.05. The molecule has 7 heteroatoms. The minimum Gasteiger partial charge on any atom is -0.197 e. The van der Waals surface area contributed by atoms with E-state index in [2.05, 4.69) is 3.63 Å². The van der Waals surface area contributed by atoms with Gasteiger partial charge in [0.1, 0.15) is 0 Å². The second-order valence-electron chi connectivity index (χ2n) is 2.27. The second-order valence-corrected chi connectivity index (χ2v) is 6.22. The molecule has 0 aromatic rings. The van der Waals surface area contributed by atoms with Crippen LogP contribution < -0.4 is 0 Å². The van der Waals surface area contributed by atoms with E-state index in [1.54, 1.807) is 6.92 Å². The zero-order chi connectivity index (χ0) is 8.70. The third-order valence-electron chi connectivity index (χ3n) is 1.36. The van der Waals surface area contributed by atoms with Gasteiger partial charge in [0.2, 0.25) is 4.58 Å². The van der Waals surface area contributed by atoms with Crippen LogP contribution in [0.3, 0.4) is 0 Å². The molecular formula is C4H8O5S2. The summed E-state index contributed by atoms with van der Waals surface area (Å²) in [5, 5.41) is 0.